The molecule has 176 valence electrons. The van der Waals surface area contributed by atoms with Gasteiger partial charge in [0.1, 0.15) is 17.9 Å². The Balaban J connectivity index is 1.91. The van der Waals surface area contributed by atoms with Crippen LogP contribution in [0, 0.1) is 5.82 Å². The number of esters is 1. The zero-order valence-electron chi connectivity index (χ0n) is 18.1. The van der Waals surface area contributed by atoms with E-state index >= 15 is 0 Å². The van der Waals surface area contributed by atoms with Crippen molar-refractivity contribution in [1.29, 1.82) is 0 Å². The van der Waals surface area contributed by atoms with Crippen LogP contribution in [-0.4, -0.2) is 74.2 Å². The lowest BCUT2D eigenvalue weighted by Gasteiger charge is -2.39. The predicted octanol–water partition coefficient (Wildman–Crippen LogP) is 1.02. The number of ether oxygens (including phenoxy) is 1. The summed E-state index contributed by atoms with van der Waals surface area (Å²) in [7, 11) is -2.92. The van der Waals surface area contributed by atoms with Gasteiger partial charge < -0.3 is 15.0 Å². The summed E-state index contributed by atoms with van der Waals surface area (Å²) in [5, 5.41) is 2.44. The van der Waals surface area contributed by atoms with Crippen molar-refractivity contribution in [1.82, 2.24) is 14.5 Å². The van der Waals surface area contributed by atoms with Gasteiger partial charge in [-0.2, -0.15) is 4.31 Å². The molecule has 1 aliphatic rings. The Morgan fingerprint density at radius 2 is 1.79 bits per heavy atom. The standard InChI is InChI=1S/C22H24FN3O6S/c1-15(22(29)32-2)24-20(27)19-14-25(21(28)16-7-6-8-17(23)13-16)11-12-26(19)33(30,31)18-9-4-3-5-10-18/h3-10,13,15,19H,11-12,14H2,1-2H3,(H,24,27). The van der Waals surface area contributed by atoms with E-state index in [1.807, 2.05) is 0 Å². The van der Waals surface area contributed by atoms with Gasteiger partial charge in [0.05, 0.1) is 12.0 Å². The number of hydrogen-bond donors (Lipinski definition) is 1. The highest BCUT2D eigenvalue weighted by molar-refractivity contribution is 7.89. The van der Waals surface area contributed by atoms with E-state index in [1.165, 1.54) is 42.2 Å². The third-order valence-corrected chi connectivity index (χ3v) is 7.18. The van der Waals surface area contributed by atoms with Crippen LogP contribution < -0.4 is 5.32 Å². The van der Waals surface area contributed by atoms with Crippen molar-refractivity contribution >= 4 is 27.8 Å². The second-order valence-corrected chi connectivity index (χ2v) is 9.35. The van der Waals surface area contributed by atoms with Gasteiger partial charge >= 0.3 is 5.97 Å². The molecule has 0 saturated carbocycles. The maximum Gasteiger partial charge on any atom is 0.328 e. The third kappa shape index (κ3) is 5.37. The van der Waals surface area contributed by atoms with Crippen molar-refractivity contribution < 1.29 is 31.9 Å². The minimum absolute atomic E-state index is 0.00224. The molecule has 0 bridgehead atoms. The molecular formula is C22H24FN3O6S. The average Bonchev–Trinajstić information content (AvgIpc) is 2.83. The average molecular weight is 478 g/mol. The van der Waals surface area contributed by atoms with Crippen LogP contribution in [0.5, 0.6) is 0 Å². The highest BCUT2D eigenvalue weighted by Crippen LogP contribution is 2.23. The third-order valence-electron chi connectivity index (χ3n) is 5.26. The zero-order chi connectivity index (χ0) is 24.2. The summed E-state index contributed by atoms with van der Waals surface area (Å²) in [4.78, 5) is 39.0. The van der Waals surface area contributed by atoms with E-state index in [-0.39, 0.29) is 30.1 Å². The molecule has 2 atom stereocenters. The van der Waals surface area contributed by atoms with Crippen LogP contribution in [0.3, 0.4) is 0 Å². The molecule has 1 N–H and O–H groups in total. The van der Waals surface area contributed by atoms with E-state index in [9.17, 15) is 27.2 Å². The molecule has 0 radical (unpaired) electrons. The van der Waals surface area contributed by atoms with Crippen molar-refractivity contribution in [2.45, 2.75) is 23.9 Å². The van der Waals surface area contributed by atoms with Crippen LogP contribution in [0.25, 0.3) is 0 Å². The summed E-state index contributed by atoms with van der Waals surface area (Å²) < 4.78 is 45.8. The smallest absolute Gasteiger partial charge is 0.328 e. The number of hydrogen-bond acceptors (Lipinski definition) is 6. The first-order valence-electron chi connectivity index (χ1n) is 10.1. The zero-order valence-corrected chi connectivity index (χ0v) is 18.9. The van der Waals surface area contributed by atoms with Gasteiger partial charge in [-0.05, 0) is 37.3 Å². The van der Waals surface area contributed by atoms with Crippen LogP contribution in [0.15, 0.2) is 59.5 Å². The first-order valence-corrected chi connectivity index (χ1v) is 11.6. The molecule has 2 aromatic carbocycles. The lowest BCUT2D eigenvalue weighted by atomic mass is 10.1. The Kier molecular flexibility index (Phi) is 7.44. The monoisotopic (exact) mass is 477 g/mol. The van der Waals surface area contributed by atoms with E-state index in [4.69, 9.17) is 0 Å². The van der Waals surface area contributed by atoms with Crippen LogP contribution in [0.4, 0.5) is 4.39 Å². The first kappa shape index (κ1) is 24.3. The molecule has 1 aliphatic heterocycles. The SMILES string of the molecule is COC(=O)C(C)NC(=O)C1CN(C(=O)c2cccc(F)c2)CCN1S(=O)(=O)c1ccccc1. The number of benzene rings is 2. The summed E-state index contributed by atoms with van der Waals surface area (Å²) in [6.07, 6.45) is 0. The minimum Gasteiger partial charge on any atom is -0.467 e. The van der Waals surface area contributed by atoms with Crippen molar-refractivity contribution in [2.24, 2.45) is 0 Å². The van der Waals surface area contributed by atoms with Gasteiger partial charge in [-0.25, -0.2) is 17.6 Å². The first-order chi connectivity index (χ1) is 15.6. The molecule has 2 unspecified atom stereocenters. The van der Waals surface area contributed by atoms with Gasteiger partial charge in [0.15, 0.2) is 0 Å². The molecule has 0 spiro atoms. The number of piperazine rings is 1. The van der Waals surface area contributed by atoms with E-state index in [2.05, 4.69) is 10.1 Å². The summed E-state index contributed by atoms with van der Waals surface area (Å²) in [6, 6.07) is 10.4. The molecule has 1 saturated heterocycles. The van der Waals surface area contributed by atoms with Gasteiger partial charge in [0.2, 0.25) is 15.9 Å². The van der Waals surface area contributed by atoms with Crippen molar-refractivity contribution in [3.05, 3.63) is 66.0 Å². The molecule has 1 fully saturated rings. The second kappa shape index (κ2) is 10.1. The molecule has 3 rings (SSSR count). The molecule has 2 aromatic rings. The second-order valence-electron chi connectivity index (χ2n) is 7.46. The molecule has 33 heavy (non-hydrogen) atoms. The molecule has 9 nitrogen and oxygen atoms in total. The van der Waals surface area contributed by atoms with Crippen LogP contribution in [-0.2, 0) is 24.3 Å². The van der Waals surface area contributed by atoms with E-state index in [1.54, 1.807) is 18.2 Å². The number of sulfonamides is 1. The van der Waals surface area contributed by atoms with E-state index < -0.39 is 45.7 Å². The van der Waals surface area contributed by atoms with Crippen LogP contribution >= 0.6 is 0 Å². The van der Waals surface area contributed by atoms with Gasteiger partial charge in [-0.15, -0.1) is 0 Å². The Morgan fingerprint density at radius 3 is 2.42 bits per heavy atom. The Hall–Kier alpha value is -3.31. The summed E-state index contributed by atoms with van der Waals surface area (Å²) in [5.74, 6) is -2.59. The van der Waals surface area contributed by atoms with Gasteiger partial charge in [-0.1, -0.05) is 24.3 Å². The van der Waals surface area contributed by atoms with Crippen LogP contribution in [0.2, 0.25) is 0 Å². The molecule has 0 aliphatic carbocycles. The van der Waals surface area contributed by atoms with Crippen molar-refractivity contribution in [2.75, 3.05) is 26.7 Å². The summed E-state index contributed by atoms with van der Waals surface area (Å²) >= 11 is 0. The van der Waals surface area contributed by atoms with Gasteiger partial charge in [0.25, 0.3) is 5.91 Å². The number of nitrogens with zero attached hydrogens (tertiary/aromatic N) is 2. The summed E-state index contributed by atoms with van der Waals surface area (Å²) in [5.41, 5.74) is 0.0800. The highest BCUT2D eigenvalue weighted by atomic mass is 32.2. The number of amides is 2. The fourth-order valence-electron chi connectivity index (χ4n) is 3.53. The topological polar surface area (TPSA) is 113 Å². The highest BCUT2D eigenvalue weighted by Gasteiger charge is 2.42. The van der Waals surface area contributed by atoms with Gasteiger partial charge in [-0.3, -0.25) is 9.59 Å². The van der Waals surface area contributed by atoms with Crippen molar-refractivity contribution in [3.63, 3.8) is 0 Å². The van der Waals surface area contributed by atoms with Gasteiger partial charge in [0, 0.05) is 25.2 Å². The molecule has 1 heterocycles. The van der Waals surface area contributed by atoms with Crippen LogP contribution in [0.1, 0.15) is 17.3 Å². The minimum atomic E-state index is -4.08. The summed E-state index contributed by atoms with van der Waals surface area (Å²) in [6.45, 7) is 0.958. The lowest BCUT2D eigenvalue weighted by Crippen LogP contribution is -2.62. The molecule has 0 aromatic heterocycles. The molecule has 2 amide bonds. The fraction of sp³-hybridized carbons (Fsp3) is 0.318. The number of halogens is 1. The lowest BCUT2D eigenvalue weighted by molar-refractivity contribution is -0.145. The quantitative estimate of drug-likeness (QED) is 0.622. The van der Waals surface area contributed by atoms with E-state index in [0.717, 1.165) is 17.5 Å². The molecule has 11 heteroatoms. The number of nitrogens with one attached hydrogen (secondary N) is 1. The fourth-order valence-corrected chi connectivity index (χ4v) is 5.12. The normalized spacial score (nSPS) is 17.8. The number of methoxy groups -OCH3 is 1. The Morgan fingerprint density at radius 1 is 1.09 bits per heavy atom. The predicted molar refractivity (Wildman–Crippen MR) is 116 cm³/mol. The number of rotatable bonds is 6. The Bertz CT molecular complexity index is 1140. The molecular weight excluding hydrogens is 453 g/mol. The number of carbonyl (C=O) groups is 3. The number of carbonyl (C=O) groups excluding carboxylic acids is 3. The van der Waals surface area contributed by atoms with E-state index in [0.29, 0.717) is 0 Å². The maximum absolute atomic E-state index is 13.6. The maximum atomic E-state index is 13.6. The van der Waals surface area contributed by atoms with Crippen molar-refractivity contribution in [3.8, 4) is 0 Å². The largest absolute Gasteiger partial charge is 0.467 e. The Labute approximate surface area is 191 Å².